The van der Waals surface area contributed by atoms with Crippen molar-refractivity contribution in [2.75, 3.05) is 0 Å². The molecule has 0 aliphatic heterocycles. The third-order valence-electron chi connectivity index (χ3n) is 5.07. The molecule has 4 rings (SSSR count). The molecule has 3 nitrogen and oxygen atoms in total. The average Bonchev–Trinajstić information content (AvgIpc) is 3.02. The van der Waals surface area contributed by atoms with Crippen molar-refractivity contribution in [3.8, 4) is 12.3 Å². The molecule has 0 spiro atoms. The van der Waals surface area contributed by atoms with Crippen LogP contribution in [0.1, 0.15) is 39.9 Å². The van der Waals surface area contributed by atoms with Crippen LogP contribution >= 0.6 is 22.9 Å². The van der Waals surface area contributed by atoms with E-state index >= 15 is 0 Å². The zero-order valence-corrected chi connectivity index (χ0v) is 16.7. The van der Waals surface area contributed by atoms with Gasteiger partial charge >= 0.3 is 0 Å². The van der Waals surface area contributed by atoms with Crippen LogP contribution in [0.3, 0.4) is 0 Å². The molecule has 0 radical (unpaired) electrons. The minimum Gasteiger partial charge on any atom is -0.304 e. The Morgan fingerprint density at radius 2 is 2.04 bits per heavy atom. The standard InChI is InChI=1S/C22H19ClN2OS/c1-3-12-25-20-14(2)18(23)10-11-19(20)27-22(25)24-21(26)17-9-8-15-6-4-5-7-16(15)13-17/h1,8-11,13H,4-7,12H2,2H3. The summed E-state index contributed by atoms with van der Waals surface area (Å²) in [5.41, 5.74) is 5.16. The number of hydrogen-bond donors (Lipinski definition) is 0. The Labute approximate surface area is 167 Å². The van der Waals surface area contributed by atoms with Crippen LogP contribution in [0.25, 0.3) is 10.2 Å². The molecule has 0 atom stereocenters. The normalized spacial score (nSPS) is 14.2. The number of halogens is 1. The molecule has 0 fully saturated rings. The smallest absolute Gasteiger partial charge is 0.279 e. The molecule has 0 saturated heterocycles. The zero-order valence-electron chi connectivity index (χ0n) is 15.1. The summed E-state index contributed by atoms with van der Waals surface area (Å²) in [6.07, 6.45) is 10.1. The van der Waals surface area contributed by atoms with Gasteiger partial charge in [-0.2, -0.15) is 4.99 Å². The fourth-order valence-electron chi connectivity index (χ4n) is 3.66. The van der Waals surface area contributed by atoms with Crippen molar-refractivity contribution in [2.24, 2.45) is 4.99 Å². The van der Waals surface area contributed by atoms with Gasteiger partial charge in [-0.3, -0.25) is 4.79 Å². The second kappa shape index (κ2) is 7.34. The minimum atomic E-state index is -0.232. The highest BCUT2D eigenvalue weighted by atomic mass is 35.5. The Bertz CT molecular complexity index is 1160. The fraction of sp³-hybridized carbons (Fsp3) is 0.273. The number of carbonyl (C=O) groups excluding carboxylic acids is 1. The summed E-state index contributed by atoms with van der Waals surface area (Å²) in [5, 5.41) is 0.679. The quantitative estimate of drug-likeness (QED) is 0.568. The third kappa shape index (κ3) is 3.34. The summed E-state index contributed by atoms with van der Waals surface area (Å²) < 4.78 is 2.92. The molecule has 5 heteroatoms. The summed E-state index contributed by atoms with van der Waals surface area (Å²) >= 11 is 7.74. The van der Waals surface area contributed by atoms with Gasteiger partial charge in [0.05, 0.1) is 16.8 Å². The van der Waals surface area contributed by atoms with Crippen LogP contribution in [0.4, 0.5) is 0 Å². The molecule has 0 N–H and O–H groups in total. The lowest BCUT2D eigenvalue weighted by atomic mass is 9.90. The molecule has 2 aromatic carbocycles. The highest BCUT2D eigenvalue weighted by molar-refractivity contribution is 7.16. The predicted molar refractivity (Wildman–Crippen MR) is 111 cm³/mol. The molecular weight excluding hydrogens is 376 g/mol. The van der Waals surface area contributed by atoms with Gasteiger partial charge in [0, 0.05) is 10.6 Å². The van der Waals surface area contributed by atoms with Crippen molar-refractivity contribution in [3.63, 3.8) is 0 Å². The molecule has 1 aromatic heterocycles. The first kappa shape index (κ1) is 18.0. The van der Waals surface area contributed by atoms with E-state index in [1.54, 1.807) is 0 Å². The average molecular weight is 395 g/mol. The van der Waals surface area contributed by atoms with E-state index in [0.717, 1.165) is 28.6 Å². The molecule has 27 heavy (non-hydrogen) atoms. The SMILES string of the molecule is C#CCn1c(=NC(=O)c2ccc3c(c2)CCCC3)sc2ccc(Cl)c(C)c21. The number of aromatic nitrogens is 1. The maximum atomic E-state index is 12.8. The van der Waals surface area contributed by atoms with Crippen molar-refractivity contribution in [3.05, 3.63) is 62.4 Å². The third-order valence-corrected chi connectivity index (χ3v) is 6.53. The van der Waals surface area contributed by atoms with Gasteiger partial charge in [0.2, 0.25) is 0 Å². The summed E-state index contributed by atoms with van der Waals surface area (Å²) in [7, 11) is 0. The van der Waals surface area contributed by atoms with Gasteiger partial charge in [-0.15, -0.1) is 6.42 Å². The lowest BCUT2D eigenvalue weighted by molar-refractivity contribution is 0.0997. The van der Waals surface area contributed by atoms with Crippen molar-refractivity contribution in [1.82, 2.24) is 4.57 Å². The lowest BCUT2D eigenvalue weighted by Crippen LogP contribution is -2.17. The van der Waals surface area contributed by atoms with Crippen LogP contribution in [-0.4, -0.2) is 10.5 Å². The maximum absolute atomic E-state index is 12.8. The van der Waals surface area contributed by atoms with Crippen molar-refractivity contribution >= 4 is 39.1 Å². The van der Waals surface area contributed by atoms with E-state index in [1.807, 2.05) is 35.8 Å². The first-order chi connectivity index (χ1) is 13.1. The first-order valence-electron chi connectivity index (χ1n) is 9.01. The Balaban J connectivity index is 1.83. The maximum Gasteiger partial charge on any atom is 0.279 e. The predicted octanol–water partition coefficient (Wildman–Crippen LogP) is 4.92. The Hall–Kier alpha value is -2.35. The number of carbonyl (C=O) groups is 1. The molecule has 1 amide bonds. The summed E-state index contributed by atoms with van der Waals surface area (Å²) in [6.45, 7) is 2.30. The Morgan fingerprint density at radius 3 is 2.81 bits per heavy atom. The Kier molecular flexibility index (Phi) is 4.90. The van der Waals surface area contributed by atoms with Crippen LogP contribution in [0.15, 0.2) is 35.3 Å². The van der Waals surface area contributed by atoms with E-state index in [4.69, 9.17) is 18.0 Å². The van der Waals surface area contributed by atoms with Gasteiger partial charge < -0.3 is 4.57 Å². The highest BCUT2D eigenvalue weighted by Crippen LogP contribution is 2.27. The van der Waals surface area contributed by atoms with E-state index in [0.29, 0.717) is 21.9 Å². The molecule has 0 bridgehead atoms. The number of hydrogen-bond acceptors (Lipinski definition) is 2. The largest absolute Gasteiger partial charge is 0.304 e. The van der Waals surface area contributed by atoms with Gasteiger partial charge in [0.1, 0.15) is 0 Å². The number of thiazole rings is 1. The number of aryl methyl sites for hydroxylation is 3. The molecule has 1 aliphatic rings. The van der Waals surface area contributed by atoms with Crippen molar-refractivity contribution in [2.45, 2.75) is 39.2 Å². The summed E-state index contributed by atoms with van der Waals surface area (Å²) in [4.78, 5) is 17.9. The topological polar surface area (TPSA) is 34.4 Å². The summed E-state index contributed by atoms with van der Waals surface area (Å²) in [6, 6.07) is 9.77. The lowest BCUT2D eigenvalue weighted by Gasteiger charge is -2.15. The number of fused-ring (bicyclic) bond motifs is 2. The van der Waals surface area contributed by atoms with Crippen LogP contribution < -0.4 is 4.80 Å². The van der Waals surface area contributed by atoms with Gasteiger partial charge in [0.15, 0.2) is 4.80 Å². The van der Waals surface area contributed by atoms with Gasteiger partial charge in [-0.05, 0) is 73.6 Å². The van der Waals surface area contributed by atoms with Crippen LogP contribution in [-0.2, 0) is 19.4 Å². The molecule has 136 valence electrons. The van der Waals surface area contributed by atoms with Crippen LogP contribution in [0, 0.1) is 19.3 Å². The number of rotatable bonds is 2. The highest BCUT2D eigenvalue weighted by Gasteiger charge is 2.15. The van der Waals surface area contributed by atoms with Crippen LogP contribution in [0.5, 0.6) is 0 Å². The number of amides is 1. The minimum absolute atomic E-state index is 0.232. The van der Waals surface area contributed by atoms with E-state index in [9.17, 15) is 4.79 Å². The first-order valence-corrected chi connectivity index (χ1v) is 10.2. The monoisotopic (exact) mass is 394 g/mol. The van der Waals surface area contributed by atoms with Gasteiger partial charge in [0.25, 0.3) is 5.91 Å². The zero-order chi connectivity index (χ0) is 19.0. The van der Waals surface area contributed by atoms with Gasteiger partial charge in [-0.25, -0.2) is 0 Å². The van der Waals surface area contributed by atoms with E-state index in [2.05, 4.69) is 17.0 Å². The number of terminal acetylenes is 1. The second-order valence-electron chi connectivity index (χ2n) is 6.80. The van der Waals surface area contributed by atoms with E-state index < -0.39 is 0 Å². The molecule has 1 aliphatic carbocycles. The van der Waals surface area contributed by atoms with Crippen LogP contribution in [0.2, 0.25) is 5.02 Å². The van der Waals surface area contributed by atoms with E-state index in [1.165, 1.54) is 35.3 Å². The Morgan fingerprint density at radius 1 is 1.26 bits per heavy atom. The molecule has 0 saturated carbocycles. The molecule has 0 unspecified atom stereocenters. The number of nitrogens with zero attached hydrogens (tertiary/aromatic N) is 2. The molecular formula is C22H19ClN2OS. The van der Waals surface area contributed by atoms with Crippen molar-refractivity contribution < 1.29 is 4.79 Å². The van der Waals surface area contributed by atoms with E-state index in [-0.39, 0.29) is 5.91 Å². The second-order valence-corrected chi connectivity index (χ2v) is 8.22. The van der Waals surface area contributed by atoms with Gasteiger partial charge in [-0.1, -0.05) is 34.9 Å². The fourth-order valence-corrected chi connectivity index (χ4v) is 4.90. The molecule has 3 aromatic rings. The summed E-state index contributed by atoms with van der Waals surface area (Å²) in [5.74, 6) is 2.43. The molecule has 1 heterocycles. The number of benzene rings is 2. The van der Waals surface area contributed by atoms with Crippen molar-refractivity contribution in [1.29, 1.82) is 0 Å².